The molecule has 0 fully saturated rings. The van der Waals surface area contributed by atoms with Crippen LogP contribution in [0.25, 0.3) is 0 Å². The third-order valence-electron chi connectivity index (χ3n) is 2.59. The van der Waals surface area contributed by atoms with E-state index < -0.39 is 0 Å². The highest BCUT2D eigenvalue weighted by molar-refractivity contribution is 7.80. The van der Waals surface area contributed by atoms with Crippen LogP contribution in [0.5, 0.6) is 0 Å². The number of carbonyl (C=O) groups excluding carboxylic acids is 1. The van der Waals surface area contributed by atoms with Crippen LogP contribution in [0.4, 0.5) is 5.69 Å². The van der Waals surface area contributed by atoms with Crippen molar-refractivity contribution in [1.29, 1.82) is 0 Å². The van der Waals surface area contributed by atoms with Crippen molar-refractivity contribution in [1.82, 2.24) is 5.32 Å². The largest absolute Gasteiger partial charge is 0.332 e. The highest BCUT2D eigenvalue weighted by Gasteiger charge is 2.08. The molecule has 5 heteroatoms. The van der Waals surface area contributed by atoms with Crippen molar-refractivity contribution >= 4 is 40.3 Å². The number of hydrogen-bond acceptors (Lipinski definition) is 3. The Labute approximate surface area is 121 Å². The molecule has 0 bridgehead atoms. The molecule has 0 spiro atoms. The first-order chi connectivity index (χ1) is 9.19. The van der Waals surface area contributed by atoms with Crippen molar-refractivity contribution in [2.45, 2.75) is 13.3 Å². The number of thiophene rings is 1. The van der Waals surface area contributed by atoms with Crippen LogP contribution < -0.4 is 10.6 Å². The molecule has 1 aromatic heterocycles. The summed E-state index contributed by atoms with van der Waals surface area (Å²) < 4.78 is 0. The van der Waals surface area contributed by atoms with Crippen molar-refractivity contribution < 1.29 is 4.79 Å². The predicted molar refractivity (Wildman–Crippen MR) is 83.8 cm³/mol. The van der Waals surface area contributed by atoms with Gasteiger partial charge in [-0.1, -0.05) is 25.1 Å². The fourth-order valence-corrected chi connectivity index (χ4v) is 2.39. The number of hydrogen-bond donors (Lipinski definition) is 2. The molecule has 98 valence electrons. The van der Waals surface area contributed by atoms with Crippen molar-refractivity contribution in [3.63, 3.8) is 0 Å². The standard InChI is InChI=1S/C14H14N2OS2/c1-2-10-5-7-11(8-6-10)15-14(18)16-13(17)12-4-3-9-19-12/h3-9H,2H2,1H3,(H2,15,16,17,18). The van der Waals surface area contributed by atoms with Gasteiger partial charge in [-0.25, -0.2) is 0 Å². The molecule has 19 heavy (non-hydrogen) atoms. The summed E-state index contributed by atoms with van der Waals surface area (Å²) in [5.41, 5.74) is 2.13. The van der Waals surface area contributed by atoms with Crippen LogP contribution in [0.15, 0.2) is 41.8 Å². The molecule has 3 nitrogen and oxygen atoms in total. The first-order valence-electron chi connectivity index (χ1n) is 5.94. The smallest absolute Gasteiger partial charge is 0.267 e. The van der Waals surface area contributed by atoms with Gasteiger partial charge in [-0.3, -0.25) is 10.1 Å². The van der Waals surface area contributed by atoms with Gasteiger partial charge in [0.05, 0.1) is 4.88 Å². The van der Waals surface area contributed by atoms with Crippen LogP contribution in [-0.4, -0.2) is 11.0 Å². The zero-order valence-electron chi connectivity index (χ0n) is 10.5. The maximum Gasteiger partial charge on any atom is 0.267 e. The Morgan fingerprint density at radius 1 is 1.26 bits per heavy atom. The minimum atomic E-state index is -0.183. The minimum Gasteiger partial charge on any atom is -0.332 e. The number of carbonyl (C=O) groups is 1. The molecule has 0 aliphatic heterocycles. The van der Waals surface area contributed by atoms with E-state index in [0.717, 1.165) is 12.1 Å². The Bertz CT molecular complexity index is 562. The lowest BCUT2D eigenvalue weighted by Crippen LogP contribution is -2.33. The Kier molecular flexibility index (Phi) is 4.65. The average Bonchev–Trinajstić information content (AvgIpc) is 2.93. The van der Waals surface area contributed by atoms with E-state index in [1.54, 1.807) is 6.07 Å². The van der Waals surface area contributed by atoms with Crippen molar-refractivity contribution in [2.75, 3.05) is 5.32 Å². The molecule has 0 saturated heterocycles. The van der Waals surface area contributed by atoms with Crippen LogP contribution in [0.3, 0.4) is 0 Å². The first kappa shape index (κ1) is 13.7. The highest BCUT2D eigenvalue weighted by atomic mass is 32.1. The Morgan fingerprint density at radius 3 is 2.58 bits per heavy atom. The molecule has 2 N–H and O–H groups in total. The van der Waals surface area contributed by atoms with Gasteiger partial charge in [-0.05, 0) is 47.8 Å². The zero-order valence-corrected chi connectivity index (χ0v) is 12.1. The van der Waals surface area contributed by atoms with Crippen molar-refractivity contribution in [3.05, 3.63) is 52.2 Å². The summed E-state index contributed by atoms with van der Waals surface area (Å²) >= 11 is 6.49. The Morgan fingerprint density at radius 2 is 2.00 bits per heavy atom. The number of rotatable bonds is 3. The lowest BCUT2D eigenvalue weighted by Gasteiger charge is -2.09. The maximum atomic E-state index is 11.8. The third-order valence-corrected chi connectivity index (χ3v) is 3.66. The summed E-state index contributed by atoms with van der Waals surface area (Å²) in [6.07, 6.45) is 1.000. The van der Waals surface area contributed by atoms with E-state index in [2.05, 4.69) is 17.6 Å². The zero-order chi connectivity index (χ0) is 13.7. The number of nitrogens with one attached hydrogen (secondary N) is 2. The molecule has 0 aliphatic carbocycles. The second kappa shape index (κ2) is 6.45. The van der Waals surface area contributed by atoms with Gasteiger partial charge in [0.15, 0.2) is 5.11 Å². The average molecular weight is 290 g/mol. The Balaban J connectivity index is 1.92. The van der Waals surface area contributed by atoms with Gasteiger partial charge in [0, 0.05) is 5.69 Å². The fraction of sp³-hybridized carbons (Fsp3) is 0.143. The van der Waals surface area contributed by atoms with E-state index in [4.69, 9.17) is 12.2 Å². The normalized spacial score (nSPS) is 9.95. The summed E-state index contributed by atoms with van der Waals surface area (Å²) in [6.45, 7) is 2.11. The van der Waals surface area contributed by atoms with E-state index in [1.807, 2.05) is 35.7 Å². The molecule has 0 unspecified atom stereocenters. The van der Waals surface area contributed by atoms with E-state index >= 15 is 0 Å². The summed E-state index contributed by atoms with van der Waals surface area (Å²) in [7, 11) is 0. The van der Waals surface area contributed by atoms with Crippen LogP contribution in [0.1, 0.15) is 22.2 Å². The monoisotopic (exact) mass is 290 g/mol. The molecular weight excluding hydrogens is 276 g/mol. The van der Waals surface area contributed by atoms with Crippen molar-refractivity contribution in [2.24, 2.45) is 0 Å². The van der Waals surface area contributed by atoms with E-state index in [9.17, 15) is 4.79 Å². The van der Waals surface area contributed by atoms with Gasteiger partial charge in [0.2, 0.25) is 0 Å². The highest BCUT2D eigenvalue weighted by Crippen LogP contribution is 2.11. The minimum absolute atomic E-state index is 0.183. The topological polar surface area (TPSA) is 41.1 Å². The second-order valence-corrected chi connectivity index (χ2v) is 5.29. The molecule has 0 aliphatic rings. The molecular formula is C14H14N2OS2. The van der Waals surface area contributed by atoms with Crippen LogP contribution in [0, 0.1) is 0 Å². The SMILES string of the molecule is CCc1ccc(NC(=S)NC(=O)c2cccs2)cc1. The third kappa shape index (κ3) is 3.87. The number of amides is 1. The molecule has 2 rings (SSSR count). The molecule has 1 amide bonds. The lowest BCUT2D eigenvalue weighted by molar-refractivity contribution is 0.0981. The number of aryl methyl sites for hydroxylation is 1. The predicted octanol–water partition coefficient (Wildman–Crippen LogP) is 3.44. The number of anilines is 1. The van der Waals surface area contributed by atoms with Gasteiger partial charge < -0.3 is 5.32 Å². The summed E-state index contributed by atoms with van der Waals surface area (Å²) in [4.78, 5) is 12.4. The van der Waals surface area contributed by atoms with Crippen LogP contribution >= 0.6 is 23.6 Å². The van der Waals surface area contributed by atoms with E-state index in [0.29, 0.717) is 9.99 Å². The van der Waals surface area contributed by atoms with Gasteiger partial charge in [0.25, 0.3) is 5.91 Å². The molecule has 0 atom stereocenters. The molecule has 0 radical (unpaired) electrons. The van der Waals surface area contributed by atoms with Gasteiger partial charge in [-0.2, -0.15) is 0 Å². The quantitative estimate of drug-likeness (QED) is 0.851. The Hall–Kier alpha value is -1.72. The van der Waals surface area contributed by atoms with Gasteiger partial charge >= 0.3 is 0 Å². The van der Waals surface area contributed by atoms with Crippen LogP contribution in [0.2, 0.25) is 0 Å². The first-order valence-corrected chi connectivity index (χ1v) is 7.22. The summed E-state index contributed by atoms with van der Waals surface area (Å²) in [6, 6.07) is 11.6. The van der Waals surface area contributed by atoms with Crippen molar-refractivity contribution in [3.8, 4) is 0 Å². The molecule has 1 aromatic carbocycles. The molecule has 0 saturated carbocycles. The number of thiocarbonyl (C=S) groups is 1. The van der Waals surface area contributed by atoms with E-state index in [1.165, 1.54) is 16.9 Å². The van der Waals surface area contributed by atoms with Crippen LogP contribution in [-0.2, 0) is 6.42 Å². The van der Waals surface area contributed by atoms with Gasteiger partial charge in [-0.15, -0.1) is 11.3 Å². The fourth-order valence-electron chi connectivity index (χ4n) is 1.56. The van der Waals surface area contributed by atoms with Gasteiger partial charge in [0.1, 0.15) is 0 Å². The summed E-state index contributed by atoms with van der Waals surface area (Å²) in [5, 5.41) is 7.81. The lowest BCUT2D eigenvalue weighted by atomic mass is 10.1. The molecule has 2 aromatic rings. The number of benzene rings is 1. The second-order valence-electron chi connectivity index (χ2n) is 3.94. The summed E-state index contributed by atoms with van der Waals surface area (Å²) in [5.74, 6) is -0.183. The van der Waals surface area contributed by atoms with E-state index in [-0.39, 0.29) is 5.91 Å². The maximum absolute atomic E-state index is 11.8. The molecule has 1 heterocycles.